The Hall–Kier alpha value is -1.39. The first kappa shape index (κ1) is 63.6. The maximum Gasteiger partial charge on any atom is 0.220 e. The number of carbonyl (C=O) groups excluding carboxylic acids is 1. The predicted octanol–water partition coefficient (Wildman–Crippen LogP) is 19.6. The summed E-state index contributed by atoms with van der Waals surface area (Å²) >= 11 is 0. The molecule has 0 saturated heterocycles. The van der Waals surface area contributed by atoms with E-state index in [1.165, 1.54) is 276 Å². The fourth-order valence-corrected chi connectivity index (χ4v) is 9.31. The standard InChI is InChI=1S/C61H117NO3/c1-3-5-7-9-11-13-15-17-19-21-23-24-25-26-27-28-29-30-31-32-33-34-35-36-37-38-39-41-43-45-47-49-51-53-55-57-61(65)62-59(58-63)60(64)56-54-52-50-48-46-44-42-40-22-20-18-16-14-12-10-8-6-4-2/h21,23,46,48,54,56,59-60,63-64H,3-20,22,24-45,47,49-53,55,57-58H2,1-2H3,(H,62,65)/b23-21-,48-46+,56-54+. The number of allylic oxidation sites excluding steroid dienone is 5. The van der Waals surface area contributed by atoms with Gasteiger partial charge in [0.1, 0.15) is 0 Å². The van der Waals surface area contributed by atoms with Crippen LogP contribution in [0.5, 0.6) is 0 Å². The molecule has 1 amide bonds. The second-order valence-electron chi connectivity index (χ2n) is 20.4. The van der Waals surface area contributed by atoms with Crippen LogP contribution in [0, 0.1) is 0 Å². The van der Waals surface area contributed by atoms with E-state index in [0.29, 0.717) is 6.42 Å². The van der Waals surface area contributed by atoms with Crippen LogP contribution in [0.1, 0.15) is 328 Å². The van der Waals surface area contributed by atoms with E-state index in [-0.39, 0.29) is 12.5 Å². The van der Waals surface area contributed by atoms with Crippen LogP contribution in [0.3, 0.4) is 0 Å². The van der Waals surface area contributed by atoms with E-state index in [4.69, 9.17) is 0 Å². The van der Waals surface area contributed by atoms with Gasteiger partial charge in [-0.15, -0.1) is 0 Å². The zero-order chi connectivity index (χ0) is 47.0. The second kappa shape index (κ2) is 56.9. The highest BCUT2D eigenvalue weighted by molar-refractivity contribution is 5.76. The van der Waals surface area contributed by atoms with Crippen molar-refractivity contribution in [2.45, 2.75) is 341 Å². The van der Waals surface area contributed by atoms with Crippen LogP contribution in [0.4, 0.5) is 0 Å². The number of carbonyl (C=O) groups is 1. The van der Waals surface area contributed by atoms with Crippen molar-refractivity contribution in [3.05, 3.63) is 36.5 Å². The smallest absolute Gasteiger partial charge is 0.220 e. The number of unbranched alkanes of at least 4 members (excludes halogenated alkanes) is 44. The fourth-order valence-electron chi connectivity index (χ4n) is 9.31. The number of aliphatic hydroxyl groups is 2. The molecule has 384 valence electrons. The van der Waals surface area contributed by atoms with Crippen LogP contribution in [-0.2, 0) is 4.79 Å². The Morgan fingerprint density at radius 2 is 0.600 bits per heavy atom. The highest BCUT2D eigenvalue weighted by Gasteiger charge is 2.18. The number of hydrogen-bond donors (Lipinski definition) is 3. The number of hydrogen-bond acceptors (Lipinski definition) is 3. The number of aliphatic hydroxyl groups excluding tert-OH is 2. The van der Waals surface area contributed by atoms with Gasteiger partial charge in [-0.05, 0) is 57.8 Å². The molecule has 65 heavy (non-hydrogen) atoms. The lowest BCUT2D eigenvalue weighted by atomic mass is 10.0. The maximum atomic E-state index is 12.5. The molecule has 3 N–H and O–H groups in total. The molecule has 4 heteroatoms. The Bertz CT molecular complexity index is 989. The average molecular weight is 913 g/mol. The molecule has 2 unspecified atom stereocenters. The predicted molar refractivity (Wildman–Crippen MR) is 290 cm³/mol. The minimum absolute atomic E-state index is 0.0677. The van der Waals surface area contributed by atoms with Gasteiger partial charge in [-0.1, -0.05) is 301 Å². The molecule has 0 heterocycles. The summed E-state index contributed by atoms with van der Waals surface area (Å²) in [6.45, 7) is 4.33. The fraction of sp³-hybridized carbons (Fsp3) is 0.885. The Morgan fingerprint density at radius 1 is 0.354 bits per heavy atom. The summed E-state index contributed by atoms with van der Waals surface area (Å²) in [7, 11) is 0. The molecule has 0 radical (unpaired) electrons. The van der Waals surface area contributed by atoms with Gasteiger partial charge in [0, 0.05) is 6.42 Å². The number of amides is 1. The molecule has 0 aromatic heterocycles. The van der Waals surface area contributed by atoms with Gasteiger partial charge < -0.3 is 15.5 Å². The van der Waals surface area contributed by atoms with Crippen molar-refractivity contribution in [3.8, 4) is 0 Å². The first-order valence-corrected chi connectivity index (χ1v) is 29.7. The van der Waals surface area contributed by atoms with Crippen molar-refractivity contribution in [1.29, 1.82) is 0 Å². The molecule has 0 bridgehead atoms. The van der Waals surface area contributed by atoms with Gasteiger partial charge >= 0.3 is 0 Å². The van der Waals surface area contributed by atoms with E-state index in [1.54, 1.807) is 6.08 Å². The monoisotopic (exact) mass is 912 g/mol. The normalized spacial score (nSPS) is 13.0. The van der Waals surface area contributed by atoms with E-state index in [2.05, 4.69) is 43.5 Å². The first-order valence-electron chi connectivity index (χ1n) is 29.7. The molecule has 0 spiro atoms. The number of nitrogens with one attached hydrogen (secondary N) is 1. The van der Waals surface area contributed by atoms with Crippen molar-refractivity contribution in [2.24, 2.45) is 0 Å². The lowest BCUT2D eigenvalue weighted by Gasteiger charge is -2.19. The molecule has 0 saturated carbocycles. The summed E-state index contributed by atoms with van der Waals surface area (Å²) in [6.07, 6.45) is 77.6. The Morgan fingerprint density at radius 3 is 0.892 bits per heavy atom. The van der Waals surface area contributed by atoms with Gasteiger partial charge in [0.2, 0.25) is 5.91 Å². The highest BCUT2D eigenvalue weighted by atomic mass is 16.3. The lowest BCUT2D eigenvalue weighted by Crippen LogP contribution is -2.45. The van der Waals surface area contributed by atoms with Crippen LogP contribution < -0.4 is 5.32 Å². The minimum Gasteiger partial charge on any atom is -0.394 e. The van der Waals surface area contributed by atoms with Gasteiger partial charge in [0.25, 0.3) is 0 Å². The molecule has 0 aromatic carbocycles. The minimum atomic E-state index is -0.860. The topological polar surface area (TPSA) is 69.6 Å². The molecular formula is C61H117NO3. The van der Waals surface area contributed by atoms with Gasteiger partial charge in [-0.2, -0.15) is 0 Å². The van der Waals surface area contributed by atoms with Crippen LogP contribution in [0.15, 0.2) is 36.5 Å². The molecule has 0 aliphatic carbocycles. The van der Waals surface area contributed by atoms with E-state index in [9.17, 15) is 15.0 Å². The summed E-state index contributed by atoms with van der Waals surface area (Å²) in [5.74, 6) is -0.0677. The Kier molecular flexibility index (Phi) is 55.7. The Labute approximate surface area is 408 Å². The van der Waals surface area contributed by atoms with Crippen molar-refractivity contribution in [1.82, 2.24) is 5.32 Å². The van der Waals surface area contributed by atoms with Crippen molar-refractivity contribution >= 4 is 5.91 Å². The summed E-state index contributed by atoms with van der Waals surface area (Å²) < 4.78 is 0. The van der Waals surface area contributed by atoms with Crippen LogP contribution in [-0.4, -0.2) is 34.9 Å². The first-order chi connectivity index (χ1) is 32.2. The third-order valence-corrected chi connectivity index (χ3v) is 13.8. The zero-order valence-corrected chi connectivity index (χ0v) is 44.3. The molecule has 0 aromatic rings. The van der Waals surface area contributed by atoms with E-state index in [1.807, 2.05) is 6.08 Å². The van der Waals surface area contributed by atoms with Crippen molar-refractivity contribution < 1.29 is 15.0 Å². The average Bonchev–Trinajstić information content (AvgIpc) is 3.31. The van der Waals surface area contributed by atoms with E-state index >= 15 is 0 Å². The van der Waals surface area contributed by atoms with E-state index < -0.39 is 12.1 Å². The third-order valence-electron chi connectivity index (χ3n) is 13.8. The summed E-state index contributed by atoms with van der Waals surface area (Å²) in [5, 5.41) is 23.1. The largest absolute Gasteiger partial charge is 0.394 e. The van der Waals surface area contributed by atoms with Crippen molar-refractivity contribution in [2.75, 3.05) is 6.61 Å². The highest BCUT2D eigenvalue weighted by Crippen LogP contribution is 2.17. The zero-order valence-electron chi connectivity index (χ0n) is 44.3. The Balaban J connectivity index is 3.43. The molecule has 4 nitrogen and oxygen atoms in total. The third kappa shape index (κ3) is 53.4. The summed E-state index contributed by atoms with van der Waals surface area (Å²) in [6, 6.07) is -0.637. The van der Waals surface area contributed by atoms with Crippen LogP contribution in [0.25, 0.3) is 0 Å². The molecule has 0 aliphatic rings. The molecule has 2 atom stereocenters. The summed E-state index contributed by atoms with van der Waals surface area (Å²) in [5.41, 5.74) is 0. The van der Waals surface area contributed by atoms with E-state index in [0.717, 1.165) is 32.1 Å². The molecule has 0 fully saturated rings. The van der Waals surface area contributed by atoms with Gasteiger partial charge in [-0.25, -0.2) is 0 Å². The maximum absolute atomic E-state index is 12.5. The quantitative estimate of drug-likeness (QED) is 0.0421. The van der Waals surface area contributed by atoms with Gasteiger partial charge in [0.05, 0.1) is 18.8 Å². The van der Waals surface area contributed by atoms with Gasteiger partial charge in [0.15, 0.2) is 0 Å². The lowest BCUT2D eigenvalue weighted by molar-refractivity contribution is -0.123. The molecule has 0 rings (SSSR count). The van der Waals surface area contributed by atoms with Crippen LogP contribution in [0.2, 0.25) is 0 Å². The van der Waals surface area contributed by atoms with Crippen molar-refractivity contribution in [3.63, 3.8) is 0 Å². The number of rotatable bonds is 55. The summed E-state index contributed by atoms with van der Waals surface area (Å²) in [4.78, 5) is 12.5. The molecule has 0 aliphatic heterocycles. The SMILES string of the molecule is CCCCCCCCCC/C=C\CCCCCCCCCCCCCCCCCCCCCCCCCC(=O)NC(CO)C(O)/C=C/CC/C=C/CCCCCCCCCCCCCC. The van der Waals surface area contributed by atoms with Crippen LogP contribution >= 0.6 is 0 Å². The molecular weight excluding hydrogens is 795 g/mol. The van der Waals surface area contributed by atoms with Gasteiger partial charge in [-0.3, -0.25) is 4.79 Å². The second-order valence-corrected chi connectivity index (χ2v) is 20.4.